The Hall–Kier alpha value is -3.96. The zero-order valence-electron chi connectivity index (χ0n) is 23.5. The minimum atomic E-state index is -0.548. The molecule has 2 aromatic heterocycles. The molecule has 2 heterocycles. The lowest BCUT2D eigenvalue weighted by molar-refractivity contribution is -0.0178. The number of rotatable bonds is 7. The summed E-state index contributed by atoms with van der Waals surface area (Å²) in [6, 6.07) is 31.4. The third kappa shape index (κ3) is 5.14. The number of fused-ring (bicyclic) bond motifs is 1. The van der Waals surface area contributed by atoms with Crippen LogP contribution >= 0.6 is 0 Å². The molecule has 0 unspecified atom stereocenters. The Bertz CT molecular complexity index is 1660. The maximum atomic E-state index is 10.5. The number of nitrogens with zero attached hydrogens (tertiary/aromatic N) is 3. The molecule has 0 aliphatic heterocycles. The van der Waals surface area contributed by atoms with Gasteiger partial charge in [-0.15, -0.1) is 0 Å². The number of aryl methyl sites for hydroxylation is 1. The highest BCUT2D eigenvalue weighted by molar-refractivity contribution is 6.02. The molecule has 5 heteroatoms. The van der Waals surface area contributed by atoms with E-state index < -0.39 is 5.60 Å². The molecule has 1 fully saturated rings. The van der Waals surface area contributed by atoms with E-state index in [4.69, 9.17) is 4.98 Å². The zero-order valence-corrected chi connectivity index (χ0v) is 23.5. The van der Waals surface area contributed by atoms with Crippen LogP contribution in [0.1, 0.15) is 51.5 Å². The largest absolute Gasteiger partial charge is 0.390 e. The summed E-state index contributed by atoms with van der Waals surface area (Å²) in [7, 11) is 0. The van der Waals surface area contributed by atoms with Crippen LogP contribution in [0.4, 0.5) is 0 Å². The van der Waals surface area contributed by atoms with E-state index in [0.29, 0.717) is 12.0 Å². The van der Waals surface area contributed by atoms with Crippen LogP contribution in [0.2, 0.25) is 0 Å². The number of aliphatic hydroxyl groups is 1. The third-order valence-electron chi connectivity index (χ3n) is 8.86. The first-order valence-electron chi connectivity index (χ1n) is 14.4. The van der Waals surface area contributed by atoms with Crippen LogP contribution in [0.15, 0.2) is 97.3 Å². The van der Waals surface area contributed by atoms with Crippen LogP contribution in [0.3, 0.4) is 0 Å². The van der Waals surface area contributed by atoms with Gasteiger partial charge in [-0.3, -0.25) is 5.41 Å². The molecule has 0 bridgehead atoms. The van der Waals surface area contributed by atoms with Crippen LogP contribution in [0.25, 0.3) is 33.4 Å². The fourth-order valence-electron chi connectivity index (χ4n) is 6.19. The van der Waals surface area contributed by atoms with E-state index >= 15 is 0 Å². The summed E-state index contributed by atoms with van der Waals surface area (Å²) < 4.78 is 4.31. The number of aromatic nitrogens is 3. The molecule has 0 amide bonds. The van der Waals surface area contributed by atoms with Crippen molar-refractivity contribution in [3.05, 3.63) is 108 Å². The molecule has 0 saturated heterocycles. The van der Waals surface area contributed by atoms with Crippen molar-refractivity contribution in [3.63, 3.8) is 0 Å². The fourth-order valence-corrected chi connectivity index (χ4v) is 6.19. The second kappa shape index (κ2) is 10.5. The van der Waals surface area contributed by atoms with Crippen molar-refractivity contribution in [1.82, 2.24) is 14.1 Å². The lowest BCUT2D eigenvalue weighted by Crippen LogP contribution is -2.36. The molecule has 40 heavy (non-hydrogen) atoms. The molecular weight excluding hydrogens is 492 g/mol. The molecule has 0 atom stereocenters. The van der Waals surface area contributed by atoms with Crippen LogP contribution in [0.5, 0.6) is 0 Å². The standard InChI is InChI=1S/C35H38N4O/c1-34(18-20-35(2,40)21-19-34)22-23-38-25-37-33-30(32(38)36)29(27-14-8-4-9-15-27)31(28-16-10-5-11-17-28)39(33)24-26-12-6-3-7-13-26/h3-17,25,36,40H,18-24H2,1-2H3. The molecular formula is C35H38N4O. The molecule has 6 rings (SSSR count). The molecule has 1 saturated carbocycles. The predicted octanol–water partition coefficient (Wildman–Crippen LogP) is 7.42. The Morgan fingerprint density at radius 2 is 1.38 bits per heavy atom. The molecule has 3 aromatic carbocycles. The van der Waals surface area contributed by atoms with Crippen LogP contribution in [-0.2, 0) is 13.1 Å². The Morgan fingerprint density at radius 1 is 0.800 bits per heavy atom. The molecule has 1 aliphatic rings. The van der Waals surface area contributed by atoms with Gasteiger partial charge in [-0.25, -0.2) is 4.98 Å². The normalized spacial score (nSPS) is 21.1. The molecule has 204 valence electrons. The van der Waals surface area contributed by atoms with Crippen LogP contribution in [0, 0.1) is 10.8 Å². The lowest BCUT2D eigenvalue weighted by Gasteiger charge is -2.40. The van der Waals surface area contributed by atoms with Crippen LogP contribution < -0.4 is 5.49 Å². The maximum absolute atomic E-state index is 10.5. The number of benzene rings is 3. The van der Waals surface area contributed by atoms with Gasteiger partial charge in [0.2, 0.25) is 0 Å². The first-order valence-corrected chi connectivity index (χ1v) is 14.4. The predicted molar refractivity (Wildman–Crippen MR) is 162 cm³/mol. The average molecular weight is 531 g/mol. The Morgan fingerprint density at radius 3 is 2.00 bits per heavy atom. The fraction of sp³-hybridized carbons (Fsp3) is 0.314. The van der Waals surface area contributed by atoms with Gasteiger partial charge in [0, 0.05) is 18.7 Å². The van der Waals surface area contributed by atoms with Gasteiger partial charge in [0.1, 0.15) is 11.1 Å². The molecule has 0 radical (unpaired) electrons. The van der Waals surface area contributed by atoms with Gasteiger partial charge in [0.15, 0.2) is 0 Å². The molecule has 0 spiro atoms. The maximum Gasteiger partial charge on any atom is 0.146 e. The van der Waals surface area contributed by atoms with E-state index in [-0.39, 0.29) is 5.41 Å². The smallest absolute Gasteiger partial charge is 0.146 e. The highest BCUT2D eigenvalue weighted by Crippen LogP contribution is 2.43. The number of nitrogens with one attached hydrogen (secondary N) is 1. The molecule has 2 N–H and O–H groups in total. The first-order chi connectivity index (χ1) is 19.3. The van der Waals surface area contributed by atoms with Gasteiger partial charge in [-0.2, -0.15) is 0 Å². The second-order valence-electron chi connectivity index (χ2n) is 12.1. The van der Waals surface area contributed by atoms with Crippen LogP contribution in [-0.4, -0.2) is 24.8 Å². The van der Waals surface area contributed by atoms with Gasteiger partial charge < -0.3 is 14.2 Å². The number of hydrogen-bond donors (Lipinski definition) is 2. The molecule has 5 nitrogen and oxygen atoms in total. The Kier molecular flexibility index (Phi) is 6.93. The van der Waals surface area contributed by atoms with Gasteiger partial charge >= 0.3 is 0 Å². The van der Waals surface area contributed by atoms with Gasteiger partial charge in [0.25, 0.3) is 0 Å². The van der Waals surface area contributed by atoms with Gasteiger partial charge in [0.05, 0.1) is 23.0 Å². The topological polar surface area (TPSA) is 66.8 Å². The van der Waals surface area contributed by atoms with Crippen molar-refractivity contribution in [2.24, 2.45) is 5.41 Å². The van der Waals surface area contributed by atoms with E-state index in [1.165, 1.54) is 5.56 Å². The van der Waals surface area contributed by atoms with E-state index in [9.17, 15) is 10.5 Å². The summed E-state index contributed by atoms with van der Waals surface area (Å²) in [6.07, 6.45) is 6.50. The van der Waals surface area contributed by atoms with Gasteiger partial charge in [-0.1, -0.05) is 97.9 Å². The third-order valence-corrected chi connectivity index (χ3v) is 8.86. The Labute approximate surface area is 236 Å². The average Bonchev–Trinajstić information content (AvgIpc) is 3.30. The van der Waals surface area contributed by atoms with Crippen molar-refractivity contribution < 1.29 is 5.11 Å². The second-order valence-corrected chi connectivity index (χ2v) is 12.1. The van der Waals surface area contributed by atoms with Crippen molar-refractivity contribution >= 4 is 11.0 Å². The summed E-state index contributed by atoms with van der Waals surface area (Å²) in [4.78, 5) is 5.05. The summed E-state index contributed by atoms with van der Waals surface area (Å²) >= 11 is 0. The highest BCUT2D eigenvalue weighted by atomic mass is 16.3. The van der Waals surface area contributed by atoms with Crippen molar-refractivity contribution in [3.8, 4) is 22.4 Å². The van der Waals surface area contributed by atoms with Crippen molar-refractivity contribution in [1.29, 1.82) is 5.41 Å². The first kappa shape index (κ1) is 26.3. The highest BCUT2D eigenvalue weighted by Gasteiger charge is 2.36. The lowest BCUT2D eigenvalue weighted by atomic mass is 9.69. The minimum Gasteiger partial charge on any atom is -0.390 e. The van der Waals surface area contributed by atoms with E-state index in [1.54, 1.807) is 0 Å². The summed E-state index contributed by atoms with van der Waals surface area (Å²) in [6.45, 7) is 5.69. The van der Waals surface area contributed by atoms with E-state index in [0.717, 1.165) is 72.1 Å². The van der Waals surface area contributed by atoms with E-state index in [2.05, 4.69) is 84.3 Å². The number of hydrogen-bond acceptors (Lipinski definition) is 3. The zero-order chi connectivity index (χ0) is 27.7. The molecule has 5 aromatic rings. The van der Waals surface area contributed by atoms with Gasteiger partial charge in [-0.05, 0) is 61.1 Å². The quantitative estimate of drug-likeness (QED) is 0.230. The van der Waals surface area contributed by atoms with Crippen molar-refractivity contribution in [2.75, 3.05) is 0 Å². The Balaban J connectivity index is 1.51. The van der Waals surface area contributed by atoms with E-state index in [1.807, 2.05) is 36.0 Å². The minimum absolute atomic E-state index is 0.160. The van der Waals surface area contributed by atoms with Crippen molar-refractivity contribution in [2.45, 2.75) is 64.6 Å². The molecule has 1 aliphatic carbocycles. The summed E-state index contributed by atoms with van der Waals surface area (Å²) in [5.41, 5.74) is 6.50. The summed E-state index contributed by atoms with van der Waals surface area (Å²) in [5.74, 6) is 0. The SMILES string of the molecule is CC1(O)CCC(C)(CCn2cnc3c(c(-c4ccccc4)c(-c4ccccc4)n3Cc3ccccc3)c2=N)CC1. The monoisotopic (exact) mass is 530 g/mol. The summed E-state index contributed by atoms with van der Waals surface area (Å²) in [5, 5.41) is 20.9.